The van der Waals surface area contributed by atoms with E-state index in [-0.39, 0.29) is 6.10 Å². The fourth-order valence-electron chi connectivity index (χ4n) is 2.92. The molecule has 0 aliphatic carbocycles. The van der Waals surface area contributed by atoms with Crippen molar-refractivity contribution in [2.24, 2.45) is 0 Å². The Bertz CT molecular complexity index is 670. The fourth-order valence-corrected chi connectivity index (χ4v) is 2.92. The summed E-state index contributed by atoms with van der Waals surface area (Å²) in [5, 5.41) is 7.02. The van der Waals surface area contributed by atoms with Crippen molar-refractivity contribution in [2.75, 3.05) is 19.0 Å². The molecule has 1 heterocycles. The molecule has 2 atom stereocenters. The molecule has 2 unspecified atom stereocenters. The van der Waals surface area contributed by atoms with Gasteiger partial charge >= 0.3 is 0 Å². The third-order valence-corrected chi connectivity index (χ3v) is 4.31. The Balaban J connectivity index is 1.53. The predicted octanol–water partition coefficient (Wildman–Crippen LogP) is 3.61. The van der Waals surface area contributed by atoms with Crippen molar-refractivity contribution in [1.82, 2.24) is 5.32 Å². The summed E-state index contributed by atoms with van der Waals surface area (Å²) in [5.74, 6) is 1.85. The number of hydrogen-bond donors (Lipinski definition) is 2. The summed E-state index contributed by atoms with van der Waals surface area (Å²) in [6, 6.07) is 15.0. The van der Waals surface area contributed by atoms with Crippen molar-refractivity contribution in [3.05, 3.63) is 53.6 Å². The highest BCUT2D eigenvalue weighted by Gasteiger charge is 2.15. The number of hydrogen-bond acceptors (Lipinski definition) is 4. The molecule has 4 heteroatoms. The molecule has 0 saturated carbocycles. The van der Waals surface area contributed by atoms with Gasteiger partial charge in [0.05, 0.1) is 19.3 Å². The van der Waals surface area contributed by atoms with Gasteiger partial charge in [-0.2, -0.15) is 0 Å². The van der Waals surface area contributed by atoms with Crippen LogP contribution in [0.25, 0.3) is 0 Å². The first-order valence-electron chi connectivity index (χ1n) is 8.54. The lowest BCUT2D eigenvalue weighted by atomic mass is 10.0. The molecule has 0 aromatic heterocycles. The Morgan fingerprint density at radius 3 is 2.71 bits per heavy atom. The summed E-state index contributed by atoms with van der Waals surface area (Å²) >= 11 is 0. The van der Waals surface area contributed by atoms with Gasteiger partial charge in [0.1, 0.15) is 17.6 Å². The van der Waals surface area contributed by atoms with E-state index < -0.39 is 0 Å². The molecule has 128 valence electrons. The van der Waals surface area contributed by atoms with Crippen molar-refractivity contribution in [3.63, 3.8) is 0 Å². The van der Waals surface area contributed by atoms with E-state index in [2.05, 4.69) is 54.8 Å². The lowest BCUT2D eigenvalue weighted by Crippen LogP contribution is -2.29. The third kappa shape index (κ3) is 4.20. The second-order valence-electron chi connectivity index (χ2n) is 6.47. The van der Waals surface area contributed by atoms with E-state index in [1.165, 1.54) is 11.1 Å². The minimum Gasteiger partial charge on any atom is -0.497 e. The van der Waals surface area contributed by atoms with Gasteiger partial charge in [0.15, 0.2) is 0 Å². The predicted molar refractivity (Wildman–Crippen MR) is 98.0 cm³/mol. The van der Waals surface area contributed by atoms with E-state index in [4.69, 9.17) is 9.47 Å². The van der Waals surface area contributed by atoms with Gasteiger partial charge in [-0.15, -0.1) is 0 Å². The zero-order valence-corrected chi connectivity index (χ0v) is 14.6. The first-order chi connectivity index (χ1) is 11.6. The van der Waals surface area contributed by atoms with Crippen LogP contribution in [0.5, 0.6) is 11.5 Å². The minimum atomic E-state index is 0.230. The number of ether oxygens (including phenoxy) is 2. The van der Waals surface area contributed by atoms with Crippen LogP contribution in [0, 0.1) is 0 Å². The van der Waals surface area contributed by atoms with Gasteiger partial charge < -0.3 is 20.1 Å². The Hall–Kier alpha value is -2.20. The normalized spacial score (nSPS) is 17.4. The van der Waals surface area contributed by atoms with Gasteiger partial charge in [-0.25, -0.2) is 0 Å². The van der Waals surface area contributed by atoms with Crippen LogP contribution in [0.3, 0.4) is 0 Å². The zero-order chi connectivity index (χ0) is 16.9. The highest BCUT2D eigenvalue weighted by atomic mass is 16.5. The molecular weight excluding hydrogens is 300 g/mol. The molecule has 2 aromatic carbocycles. The highest BCUT2D eigenvalue weighted by molar-refractivity contribution is 5.59. The Labute approximate surface area is 144 Å². The van der Waals surface area contributed by atoms with Crippen molar-refractivity contribution in [3.8, 4) is 11.5 Å². The number of anilines is 1. The van der Waals surface area contributed by atoms with Gasteiger partial charge in [-0.3, -0.25) is 0 Å². The molecule has 0 radical (unpaired) electrons. The van der Waals surface area contributed by atoms with Crippen LogP contribution in [-0.4, -0.2) is 25.8 Å². The smallest absolute Gasteiger partial charge is 0.142 e. The second-order valence-corrected chi connectivity index (χ2v) is 6.47. The Morgan fingerprint density at radius 2 is 1.96 bits per heavy atom. The maximum atomic E-state index is 5.83. The SMILES string of the molecule is COc1ccc(CNC(C)Cc2ccc3c(c2)NCC(C)O3)cc1. The van der Waals surface area contributed by atoms with Crippen LogP contribution in [0.15, 0.2) is 42.5 Å². The van der Waals surface area contributed by atoms with Crippen LogP contribution in [-0.2, 0) is 13.0 Å². The average molecular weight is 326 g/mol. The lowest BCUT2D eigenvalue weighted by Gasteiger charge is -2.25. The number of fused-ring (bicyclic) bond motifs is 1. The minimum absolute atomic E-state index is 0.230. The molecule has 0 amide bonds. The van der Waals surface area contributed by atoms with E-state index in [0.717, 1.165) is 36.7 Å². The maximum Gasteiger partial charge on any atom is 0.142 e. The highest BCUT2D eigenvalue weighted by Crippen LogP contribution is 2.30. The number of benzene rings is 2. The molecule has 4 nitrogen and oxygen atoms in total. The Kier molecular flexibility index (Phi) is 5.26. The summed E-state index contributed by atoms with van der Waals surface area (Å²) in [5.41, 5.74) is 3.68. The molecule has 2 N–H and O–H groups in total. The molecule has 0 fully saturated rings. The quantitative estimate of drug-likeness (QED) is 0.851. The maximum absolute atomic E-state index is 5.83. The van der Waals surface area contributed by atoms with E-state index in [1.807, 2.05) is 12.1 Å². The van der Waals surface area contributed by atoms with Crippen LogP contribution in [0.1, 0.15) is 25.0 Å². The standard InChI is InChI=1S/C20H26N2O2/c1-14(21-13-16-4-7-18(23-3)8-5-16)10-17-6-9-20-19(11-17)22-12-15(2)24-20/h4-9,11,14-15,21-22H,10,12-13H2,1-3H3. The largest absolute Gasteiger partial charge is 0.497 e. The molecule has 0 bridgehead atoms. The van der Waals surface area contributed by atoms with Crippen LogP contribution >= 0.6 is 0 Å². The van der Waals surface area contributed by atoms with E-state index in [0.29, 0.717) is 6.04 Å². The summed E-state index contributed by atoms with van der Waals surface area (Å²) in [4.78, 5) is 0. The molecule has 3 rings (SSSR count). The third-order valence-electron chi connectivity index (χ3n) is 4.31. The molecular formula is C20H26N2O2. The van der Waals surface area contributed by atoms with Gasteiger partial charge in [0, 0.05) is 12.6 Å². The monoisotopic (exact) mass is 326 g/mol. The van der Waals surface area contributed by atoms with Crippen LogP contribution in [0.4, 0.5) is 5.69 Å². The van der Waals surface area contributed by atoms with Crippen LogP contribution in [0.2, 0.25) is 0 Å². The first-order valence-corrected chi connectivity index (χ1v) is 8.54. The van der Waals surface area contributed by atoms with Gasteiger partial charge in [-0.1, -0.05) is 18.2 Å². The van der Waals surface area contributed by atoms with Crippen LogP contribution < -0.4 is 20.1 Å². The topological polar surface area (TPSA) is 42.5 Å². The van der Waals surface area contributed by atoms with Crippen molar-refractivity contribution < 1.29 is 9.47 Å². The Morgan fingerprint density at radius 1 is 1.21 bits per heavy atom. The van der Waals surface area contributed by atoms with Crippen molar-refractivity contribution in [2.45, 2.75) is 39.0 Å². The van der Waals surface area contributed by atoms with E-state index in [1.54, 1.807) is 7.11 Å². The number of methoxy groups -OCH3 is 1. The molecule has 1 aliphatic heterocycles. The van der Waals surface area contributed by atoms with Crippen molar-refractivity contribution in [1.29, 1.82) is 0 Å². The van der Waals surface area contributed by atoms with E-state index in [9.17, 15) is 0 Å². The first kappa shape index (κ1) is 16.7. The summed E-state index contributed by atoms with van der Waals surface area (Å²) < 4.78 is 11.0. The zero-order valence-electron chi connectivity index (χ0n) is 14.6. The van der Waals surface area contributed by atoms with Crippen molar-refractivity contribution >= 4 is 5.69 Å². The fraction of sp³-hybridized carbons (Fsp3) is 0.400. The molecule has 0 saturated heterocycles. The number of rotatable bonds is 6. The van der Waals surface area contributed by atoms with Gasteiger partial charge in [0.2, 0.25) is 0 Å². The average Bonchev–Trinajstić information content (AvgIpc) is 2.60. The summed E-state index contributed by atoms with van der Waals surface area (Å²) in [6.07, 6.45) is 1.22. The summed E-state index contributed by atoms with van der Waals surface area (Å²) in [7, 11) is 1.69. The van der Waals surface area contributed by atoms with Gasteiger partial charge in [0.25, 0.3) is 0 Å². The lowest BCUT2D eigenvalue weighted by molar-refractivity contribution is 0.226. The molecule has 1 aliphatic rings. The summed E-state index contributed by atoms with van der Waals surface area (Å²) in [6.45, 7) is 6.01. The second kappa shape index (κ2) is 7.58. The molecule has 24 heavy (non-hydrogen) atoms. The van der Waals surface area contributed by atoms with Gasteiger partial charge in [-0.05, 0) is 55.7 Å². The molecule has 2 aromatic rings. The van der Waals surface area contributed by atoms with E-state index >= 15 is 0 Å². The molecule has 0 spiro atoms. The number of nitrogens with one attached hydrogen (secondary N) is 2.